The molecule has 76 valence electrons. The largest absolute Gasteiger partial charge is 0.450 e. The van der Waals surface area contributed by atoms with Crippen molar-refractivity contribution in [3.8, 4) is 0 Å². The topological polar surface area (TPSA) is 20.2 Å². The van der Waals surface area contributed by atoms with Gasteiger partial charge in [0.2, 0.25) is 0 Å². The van der Waals surface area contributed by atoms with Crippen LogP contribution in [0.25, 0.3) is 0 Å². The van der Waals surface area contributed by atoms with Crippen molar-refractivity contribution in [2.45, 2.75) is 59.1 Å². The Morgan fingerprint density at radius 2 is 1.54 bits per heavy atom. The van der Waals surface area contributed by atoms with E-state index in [0.29, 0.717) is 11.2 Å². The summed E-state index contributed by atoms with van der Waals surface area (Å²) in [6.07, 6.45) is 5.05. The van der Waals surface area contributed by atoms with Crippen molar-refractivity contribution in [3.05, 3.63) is 0 Å². The molecule has 0 spiro atoms. The molecule has 1 fully saturated rings. The molecule has 0 aromatic rings. The van der Waals surface area contributed by atoms with Crippen molar-refractivity contribution < 1.29 is 5.02 Å². The fraction of sp³-hybridized carbons (Fsp3) is 1.00. The summed E-state index contributed by atoms with van der Waals surface area (Å²) in [5.41, 5.74) is 0.462. The molecule has 2 heteroatoms. The maximum atomic E-state index is 9.47. The monoisotopic (exact) mass is 182 g/mol. The lowest BCUT2D eigenvalue weighted by molar-refractivity contribution is 0.177. The predicted molar refractivity (Wildman–Crippen MR) is 59.0 cm³/mol. The van der Waals surface area contributed by atoms with Crippen LogP contribution in [0.3, 0.4) is 0 Å². The quantitative estimate of drug-likeness (QED) is 0.617. The zero-order chi connectivity index (χ0) is 10.1. The highest BCUT2D eigenvalue weighted by molar-refractivity contribution is 6.50. The van der Waals surface area contributed by atoms with E-state index in [1.807, 2.05) is 6.82 Å². The molecule has 1 aliphatic rings. The van der Waals surface area contributed by atoms with Crippen molar-refractivity contribution in [2.75, 3.05) is 0 Å². The second-order valence-electron chi connectivity index (χ2n) is 5.72. The molecule has 0 amide bonds. The van der Waals surface area contributed by atoms with Crippen LogP contribution in [0.2, 0.25) is 12.6 Å². The Morgan fingerprint density at radius 3 is 1.85 bits per heavy atom. The summed E-state index contributed by atoms with van der Waals surface area (Å²) >= 11 is 0. The molecule has 0 aromatic carbocycles. The van der Waals surface area contributed by atoms with E-state index >= 15 is 0 Å². The van der Waals surface area contributed by atoms with Crippen molar-refractivity contribution in [2.24, 2.45) is 11.3 Å². The molecule has 0 bridgehead atoms. The molecule has 0 aliphatic heterocycles. The van der Waals surface area contributed by atoms with Crippen LogP contribution in [0, 0.1) is 11.3 Å². The van der Waals surface area contributed by atoms with Gasteiger partial charge in [-0.1, -0.05) is 53.3 Å². The zero-order valence-corrected chi connectivity index (χ0v) is 9.51. The SMILES string of the molecule is CB(O)C1CCC(C(C)(C)C)CC1. The molecule has 0 aromatic heterocycles. The average Bonchev–Trinajstić information content (AvgIpc) is 2.03. The fourth-order valence-corrected chi connectivity index (χ4v) is 2.47. The van der Waals surface area contributed by atoms with Crippen LogP contribution in [0.4, 0.5) is 0 Å². The van der Waals surface area contributed by atoms with Crippen molar-refractivity contribution in [1.29, 1.82) is 0 Å². The van der Waals surface area contributed by atoms with Gasteiger partial charge in [-0.15, -0.1) is 0 Å². The molecular weight excluding hydrogens is 159 g/mol. The van der Waals surface area contributed by atoms with Crippen LogP contribution < -0.4 is 0 Å². The van der Waals surface area contributed by atoms with Gasteiger partial charge in [0.05, 0.1) is 0 Å². The Labute approximate surface area is 83.0 Å². The van der Waals surface area contributed by atoms with Crippen LogP contribution in [0.5, 0.6) is 0 Å². The highest BCUT2D eigenvalue weighted by atomic mass is 16.2. The van der Waals surface area contributed by atoms with E-state index in [1.165, 1.54) is 25.7 Å². The first kappa shape index (κ1) is 11.1. The van der Waals surface area contributed by atoms with Gasteiger partial charge >= 0.3 is 0 Å². The van der Waals surface area contributed by atoms with E-state index in [0.717, 1.165) is 5.92 Å². The van der Waals surface area contributed by atoms with Gasteiger partial charge in [-0.2, -0.15) is 0 Å². The lowest BCUT2D eigenvalue weighted by Gasteiger charge is -2.37. The molecule has 0 heterocycles. The minimum absolute atomic E-state index is 0.0964. The molecule has 1 saturated carbocycles. The molecular formula is C11H23BO. The summed E-state index contributed by atoms with van der Waals surface area (Å²) in [6, 6.07) is 0. The Balaban J connectivity index is 2.39. The van der Waals surface area contributed by atoms with E-state index in [-0.39, 0.29) is 6.92 Å². The van der Waals surface area contributed by atoms with E-state index in [2.05, 4.69) is 20.8 Å². The molecule has 0 atom stereocenters. The van der Waals surface area contributed by atoms with Gasteiger partial charge in [0.25, 0.3) is 6.92 Å². The summed E-state index contributed by atoms with van der Waals surface area (Å²) in [5.74, 6) is 1.43. The Kier molecular flexibility index (Phi) is 3.45. The predicted octanol–water partition coefficient (Wildman–Crippen LogP) is 3.21. The summed E-state index contributed by atoms with van der Waals surface area (Å²) in [4.78, 5) is 0. The smallest absolute Gasteiger partial charge is 0.288 e. The van der Waals surface area contributed by atoms with E-state index in [1.54, 1.807) is 0 Å². The highest BCUT2D eigenvalue weighted by Gasteiger charge is 2.32. The zero-order valence-electron chi connectivity index (χ0n) is 9.51. The average molecular weight is 182 g/mol. The highest BCUT2D eigenvalue weighted by Crippen LogP contribution is 2.42. The summed E-state index contributed by atoms with van der Waals surface area (Å²) in [6.45, 7) is 8.84. The Bertz CT molecular complexity index is 152. The Morgan fingerprint density at radius 1 is 1.08 bits per heavy atom. The van der Waals surface area contributed by atoms with Crippen LogP contribution in [0.15, 0.2) is 0 Å². The first-order valence-electron chi connectivity index (χ1n) is 5.59. The maximum Gasteiger partial charge on any atom is 0.288 e. The molecule has 1 N–H and O–H groups in total. The Hall–Kier alpha value is 0.0249. The molecule has 1 rings (SSSR count). The van der Waals surface area contributed by atoms with Gasteiger partial charge < -0.3 is 5.02 Å². The van der Waals surface area contributed by atoms with Crippen LogP contribution >= 0.6 is 0 Å². The van der Waals surface area contributed by atoms with Gasteiger partial charge in [0.1, 0.15) is 0 Å². The van der Waals surface area contributed by atoms with Crippen LogP contribution in [-0.4, -0.2) is 11.9 Å². The van der Waals surface area contributed by atoms with Crippen molar-refractivity contribution in [3.63, 3.8) is 0 Å². The number of hydrogen-bond donors (Lipinski definition) is 1. The van der Waals surface area contributed by atoms with Gasteiger partial charge in [-0.3, -0.25) is 0 Å². The normalized spacial score (nSPS) is 30.2. The molecule has 0 unspecified atom stereocenters. The molecule has 1 aliphatic carbocycles. The third kappa shape index (κ3) is 3.01. The summed E-state index contributed by atoms with van der Waals surface area (Å²) in [5, 5.41) is 9.47. The second kappa shape index (κ2) is 4.04. The summed E-state index contributed by atoms with van der Waals surface area (Å²) in [7, 11) is 0. The van der Waals surface area contributed by atoms with E-state index in [9.17, 15) is 5.02 Å². The van der Waals surface area contributed by atoms with Crippen LogP contribution in [0.1, 0.15) is 46.5 Å². The third-order valence-electron chi connectivity index (χ3n) is 3.68. The third-order valence-corrected chi connectivity index (χ3v) is 3.68. The fourth-order valence-electron chi connectivity index (χ4n) is 2.47. The van der Waals surface area contributed by atoms with Crippen molar-refractivity contribution >= 4 is 6.92 Å². The number of hydrogen-bond acceptors (Lipinski definition) is 1. The van der Waals surface area contributed by atoms with Gasteiger partial charge in [0.15, 0.2) is 0 Å². The van der Waals surface area contributed by atoms with Crippen molar-refractivity contribution in [1.82, 2.24) is 0 Å². The van der Waals surface area contributed by atoms with Gasteiger partial charge in [0, 0.05) is 0 Å². The molecule has 0 radical (unpaired) electrons. The lowest BCUT2D eigenvalue weighted by Crippen LogP contribution is -2.28. The first-order valence-corrected chi connectivity index (χ1v) is 5.59. The van der Waals surface area contributed by atoms with Gasteiger partial charge in [-0.25, -0.2) is 0 Å². The van der Waals surface area contributed by atoms with E-state index in [4.69, 9.17) is 0 Å². The van der Waals surface area contributed by atoms with E-state index < -0.39 is 0 Å². The van der Waals surface area contributed by atoms with Gasteiger partial charge in [-0.05, 0) is 17.2 Å². The number of rotatable bonds is 1. The minimum atomic E-state index is -0.0964. The molecule has 13 heavy (non-hydrogen) atoms. The maximum absolute atomic E-state index is 9.47. The first-order chi connectivity index (χ1) is 5.91. The minimum Gasteiger partial charge on any atom is -0.450 e. The summed E-state index contributed by atoms with van der Waals surface area (Å²) < 4.78 is 0. The molecule has 1 nitrogen and oxygen atoms in total. The van der Waals surface area contributed by atoms with Crippen LogP contribution in [-0.2, 0) is 0 Å². The molecule has 0 saturated heterocycles. The standard InChI is InChI=1S/C11H23BO/c1-11(2,3)9-5-7-10(8-6-9)12(4)13/h9-10,13H,5-8H2,1-4H3. The second-order valence-corrected chi connectivity index (χ2v) is 5.72. The lowest BCUT2D eigenvalue weighted by atomic mass is 9.52.